The fraction of sp³-hybridized carbons (Fsp3) is 0.417. The summed E-state index contributed by atoms with van der Waals surface area (Å²) in [6, 6.07) is 5.43. The van der Waals surface area contributed by atoms with E-state index in [-0.39, 0.29) is 6.61 Å². The Hall–Kier alpha value is -1.47. The van der Waals surface area contributed by atoms with Gasteiger partial charge in [-0.15, -0.1) is 0 Å². The van der Waals surface area contributed by atoms with Crippen LogP contribution in [0, 0.1) is 0 Å². The van der Waals surface area contributed by atoms with Gasteiger partial charge in [0.2, 0.25) is 5.54 Å². The average molecular weight is 328 g/mol. The Kier molecular flexibility index (Phi) is 3.86. The Balaban J connectivity index is 2.58. The lowest BCUT2D eigenvalue weighted by Gasteiger charge is -2.25. The normalized spacial score (nSPS) is 14.5. The maximum absolute atomic E-state index is 11.6. The van der Waals surface area contributed by atoms with Crippen LogP contribution >= 0.6 is 15.9 Å². The molecule has 1 aromatic heterocycles. The molecule has 0 amide bonds. The fourth-order valence-corrected chi connectivity index (χ4v) is 2.27. The zero-order valence-electron chi connectivity index (χ0n) is 10.6. The lowest BCUT2D eigenvalue weighted by atomic mass is 9.98. The summed E-state index contributed by atoms with van der Waals surface area (Å²) in [5, 5.41) is 18.0. The molecule has 0 spiro atoms. The third-order valence-electron chi connectivity index (χ3n) is 3.09. The second kappa shape index (κ2) is 5.26. The molecule has 0 bridgehead atoms. The van der Waals surface area contributed by atoms with E-state index in [4.69, 9.17) is 4.74 Å². The predicted molar refractivity (Wildman–Crippen MR) is 73.0 cm³/mol. The molecule has 102 valence electrons. The number of carbonyl (C=O) groups is 1. The van der Waals surface area contributed by atoms with Gasteiger partial charge in [-0.25, -0.2) is 4.79 Å². The van der Waals surface area contributed by atoms with Crippen molar-refractivity contribution in [1.29, 1.82) is 0 Å². The number of carboxylic acids is 1. The van der Waals surface area contributed by atoms with Gasteiger partial charge in [0, 0.05) is 11.6 Å². The van der Waals surface area contributed by atoms with Gasteiger partial charge in [-0.2, -0.15) is 15.0 Å². The first-order valence-corrected chi connectivity index (χ1v) is 6.58. The van der Waals surface area contributed by atoms with Crippen molar-refractivity contribution in [3.63, 3.8) is 0 Å². The van der Waals surface area contributed by atoms with E-state index in [1.165, 1.54) is 11.9 Å². The lowest BCUT2D eigenvalue weighted by Crippen LogP contribution is -2.46. The van der Waals surface area contributed by atoms with Gasteiger partial charge in [0.15, 0.2) is 0 Å². The first-order valence-electron chi connectivity index (χ1n) is 5.79. The van der Waals surface area contributed by atoms with Crippen molar-refractivity contribution in [2.45, 2.75) is 18.9 Å². The van der Waals surface area contributed by atoms with Crippen LogP contribution in [-0.4, -0.2) is 39.8 Å². The Morgan fingerprint density at radius 1 is 1.47 bits per heavy atom. The Morgan fingerprint density at radius 2 is 2.16 bits per heavy atom. The molecule has 6 nitrogen and oxygen atoms in total. The largest absolute Gasteiger partial charge is 0.479 e. The maximum atomic E-state index is 11.6. The highest BCUT2D eigenvalue weighted by atomic mass is 79.9. The minimum atomic E-state index is -1.28. The van der Waals surface area contributed by atoms with Crippen LogP contribution in [0.2, 0.25) is 0 Å². The van der Waals surface area contributed by atoms with Crippen molar-refractivity contribution in [3.05, 3.63) is 22.7 Å². The van der Waals surface area contributed by atoms with E-state index in [0.29, 0.717) is 17.5 Å². The first-order chi connectivity index (χ1) is 9.03. The lowest BCUT2D eigenvalue weighted by molar-refractivity contribution is -0.152. The van der Waals surface area contributed by atoms with E-state index in [1.54, 1.807) is 19.1 Å². The monoisotopic (exact) mass is 327 g/mol. The number of aliphatic carboxylic acids is 1. The molecule has 1 unspecified atom stereocenters. The third kappa shape index (κ3) is 2.35. The molecule has 2 aromatic rings. The maximum Gasteiger partial charge on any atom is 0.335 e. The number of rotatable bonds is 5. The number of halogens is 1. The Bertz CT molecular complexity index is 613. The highest BCUT2D eigenvalue weighted by Crippen LogP contribution is 2.23. The zero-order chi connectivity index (χ0) is 14.0. The van der Waals surface area contributed by atoms with Crippen LogP contribution in [0.3, 0.4) is 0 Å². The average Bonchev–Trinajstić information content (AvgIpc) is 2.78. The van der Waals surface area contributed by atoms with E-state index in [9.17, 15) is 9.90 Å². The van der Waals surface area contributed by atoms with E-state index in [1.807, 2.05) is 6.07 Å². The molecule has 0 saturated heterocycles. The summed E-state index contributed by atoms with van der Waals surface area (Å²) in [6.45, 7) is 1.79. The van der Waals surface area contributed by atoms with Gasteiger partial charge in [0.05, 0.1) is 6.61 Å². The van der Waals surface area contributed by atoms with Crippen molar-refractivity contribution in [1.82, 2.24) is 15.0 Å². The van der Waals surface area contributed by atoms with Crippen molar-refractivity contribution >= 4 is 32.9 Å². The molecule has 0 fully saturated rings. The van der Waals surface area contributed by atoms with Gasteiger partial charge in [0.25, 0.3) is 0 Å². The SMILES string of the molecule is CCC(COC)(C(=O)O)n1nc2ccc(Br)cc2n1. The van der Waals surface area contributed by atoms with E-state index in [0.717, 1.165) is 4.47 Å². The Morgan fingerprint density at radius 3 is 2.74 bits per heavy atom. The molecular formula is C12H14BrN3O3. The molecule has 0 aliphatic rings. The van der Waals surface area contributed by atoms with Crippen LogP contribution in [0.1, 0.15) is 13.3 Å². The number of fused-ring (bicyclic) bond motifs is 1. The Labute approximate surface area is 118 Å². The molecule has 1 atom stereocenters. The molecule has 7 heteroatoms. The number of hydrogen-bond acceptors (Lipinski definition) is 4. The zero-order valence-corrected chi connectivity index (χ0v) is 12.2. The minimum Gasteiger partial charge on any atom is -0.479 e. The molecular weight excluding hydrogens is 314 g/mol. The summed E-state index contributed by atoms with van der Waals surface area (Å²) in [4.78, 5) is 12.8. The van der Waals surface area contributed by atoms with Crippen LogP contribution in [0.4, 0.5) is 0 Å². The van der Waals surface area contributed by atoms with Gasteiger partial charge in [-0.3, -0.25) is 0 Å². The molecule has 0 saturated carbocycles. The van der Waals surface area contributed by atoms with Crippen LogP contribution < -0.4 is 0 Å². The number of methoxy groups -OCH3 is 1. The summed E-state index contributed by atoms with van der Waals surface area (Å²) < 4.78 is 5.91. The summed E-state index contributed by atoms with van der Waals surface area (Å²) in [5.41, 5.74) is 0.0168. The number of ether oxygens (including phenoxy) is 1. The van der Waals surface area contributed by atoms with Gasteiger partial charge < -0.3 is 9.84 Å². The van der Waals surface area contributed by atoms with Gasteiger partial charge >= 0.3 is 5.97 Å². The summed E-state index contributed by atoms with van der Waals surface area (Å²) in [6.07, 6.45) is 0.332. The fourth-order valence-electron chi connectivity index (χ4n) is 1.92. The van der Waals surface area contributed by atoms with E-state index >= 15 is 0 Å². The molecule has 2 rings (SSSR count). The van der Waals surface area contributed by atoms with E-state index < -0.39 is 11.5 Å². The van der Waals surface area contributed by atoms with Crippen molar-refractivity contribution < 1.29 is 14.6 Å². The van der Waals surface area contributed by atoms with Crippen LogP contribution in [0.25, 0.3) is 11.0 Å². The number of carboxylic acid groups (broad SMARTS) is 1. The molecule has 1 aromatic carbocycles. The van der Waals surface area contributed by atoms with Crippen LogP contribution in [0.5, 0.6) is 0 Å². The molecule has 19 heavy (non-hydrogen) atoms. The van der Waals surface area contributed by atoms with Gasteiger partial charge in [-0.05, 0) is 24.6 Å². The van der Waals surface area contributed by atoms with E-state index in [2.05, 4.69) is 26.1 Å². The second-order valence-electron chi connectivity index (χ2n) is 4.25. The molecule has 1 heterocycles. The standard InChI is InChI=1S/C12H14BrN3O3/c1-3-12(7-19-2,11(17)18)16-14-9-5-4-8(13)6-10(9)15-16/h4-6H,3,7H2,1-2H3,(H,17,18). The molecule has 0 radical (unpaired) electrons. The van der Waals surface area contributed by atoms with Gasteiger partial charge in [0.1, 0.15) is 11.0 Å². The summed E-state index contributed by atoms with van der Waals surface area (Å²) in [7, 11) is 1.47. The van der Waals surface area contributed by atoms with Crippen molar-refractivity contribution in [2.75, 3.05) is 13.7 Å². The highest BCUT2D eigenvalue weighted by Gasteiger charge is 2.41. The number of aromatic nitrogens is 3. The topological polar surface area (TPSA) is 77.2 Å². The van der Waals surface area contributed by atoms with Crippen LogP contribution in [-0.2, 0) is 15.1 Å². The molecule has 1 N–H and O–H groups in total. The second-order valence-corrected chi connectivity index (χ2v) is 5.16. The summed E-state index contributed by atoms with van der Waals surface area (Å²) >= 11 is 3.35. The number of hydrogen-bond donors (Lipinski definition) is 1. The highest BCUT2D eigenvalue weighted by molar-refractivity contribution is 9.10. The minimum absolute atomic E-state index is 0.0149. The van der Waals surface area contributed by atoms with Crippen molar-refractivity contribution in [3.8, 4) is 0 Å². The summed E-state index contributed by atoms with van der Waals surface area (Å²) in [5.74, 6) is -1.00. The third-order valence-corrected chi connectivity index (χ3v) is 3.58. The number of nitrogens with zero attached hydrogens (tertiary/aromatic N) is 3. The molecule has 0 aliphatic carbocycles. The van der Waals surface area contributed by atoms with Crippen molar-refractivity contribution in [2.24, 2.45) is 0 Å². The molecule has 0 aliphatic heterocycles. The number of benzene rings is 1. The first kappa shape index (κ1) is 14.0. The van der Waals surface area contributed by atoms with Gasteiger partial charge in [-0.1, -0.05) is 22.9 Å². The predicted octanol–water partition coefficient (Wildman–Crippen LogP) is 2.03. The quantitative estimate of drug-likeness (QED) is 0.909. The van der Waals surface area contributed by atoms with Crippen LogP contribution in [0.15, 0.2) is 22.7 Å². The smallest absolute Gasteiger partial charge is 0.335 e.